The molecular weight excluding hydrogens is 225 g/mol. The number of halogens is 2. The van der Waals surface area contributed by atoms with Crippen LogP contribution in [0.25, 0.3) is 0 Å². The summed E-state index contributed by atoms with van der Waals surface area (Å²) in [6.45, 7) is 5.04. The summed E-state index contributed by atoms with van der Waals surface area (Å²) in [5.74, 6) is 0.952. The van der Waals surface area contributed by atoms with Gasteiger partial charge in [0.05, 0.1) is 6.26 Å². The lowest BCUT2D eigenvalue weighted by Gasteiger charge is -2.01. The third-order valence-corrected chi connectivity index (χ3v) is 2.13. The highest BCUT2D eigenvalue weighted by atomic mass is 35.5. The van der Waals surface area contributed by atoms with Crippen LogP contribution in [0.3, 0.4) is 0 Å². The van der Waals surface area contributed by atoms with E-state index in [0.29, 0.717) is 0 Å². The lowest BCUT2D eigenvalue weighted by atomic mass is 10.2. The average molecular weight is 239 g/mol. The number of ether oxygens (including phenoxy) is 1. The van der Waals surface area contributed by atoms with Crippen LogP contribution in [0, 0.1) is 6.92 Å². The number of rotatable bonds is 1. The molecule has 1 saturated heterocycles. The van der Waals surface area contributed by atoms with Crippen molar-refractivity contribution >= 4 is 0 Å². The third kappa shape index (κ3) is 2.89. The van der Waals surface area contributed by atoms with E-state index in [1.807, 2.05) is 13.0 Å². The first-order chi connectivity index (χ1) is 5.75. The third-order valence-electron chi connectivity index (χ3n) is 2.13. The van der Waals surface area contributed by atoms with E-state index in [1.165, 1.54) is 0 Å². The smallest absolute Gasteiger partial charge is 0.188 e. The fourth-order valence-electron chi connectivity index (χ4n) is 1.49. The summed E-state index contributed by atoms with van der Waals surface area (Å²) < 4.78 is 11.0. The number of hydrogen-bond donors (Lipinski definition) is 1. The van der Waals surface area contributed by atoms with Crippen LogP contribution >= 0.6 is 0 Å². The van der Waals surface area contributed by atoms with E-state index >= 15 is 0 Å². The van der Waals surface area contributed by atoms with Gasteiger partial charge in [0.25, 0.3) is 0 Å². The Labute approximate surface area is 96.0 Å². The molecule has 3 nitrogen and oxygen atoms in total. The quantitative estimate of drug-likeness (QED) is 0.531. The lowest BCUT2D eigenvalue weighted by Crippen LogP contribution is -3.00. The van der Waals surface area contributed by atoms with E-state index in [-0.39, 0.29) is 37.1 Å². The molecule has 2 N–H and O–H groups in total. The summed E-state index contributed by atoms with van der Waals surface area (Å²) in [4.78, 5) is 0. The second-order valence-electron chi connectivity index (χ2n) is 3.33. The van der Waals surface area contributed by atoms with Gasteiger partial charge in [-0.1, -0.05) is 0 Å². The zero-order valence-corrected chi connectivity index (χ0v) is 9.68. The van der Waals surface area contributed by atoms with Crippen LogP contribution in [-0.2, 0) is 4.74 Å². The van der Waals surface area contributed by atoms with Crippen LogP contribution in [0.5, 0.6) is 0 Å². The predicted octanol–water partition coefficient (Wildman–Crippen LogP) is -5.42. The van der Waals surface area contributed by atoms with E-state index in [1.54, 1.807) is 6.26 Å². The van der Waals surface area contributed by atoms with Gasteiger partial charge in [0.15, 0.2) is 12.3 Å². The van der Waals surface area contributed by atoms with Gasteiger partial charge in [-0.05, 0) is 18.6 Å². The van der Waals surface area contributed by atoms with Crippen molar-refractivity contribution < 1.29 is 39.3 Å². The molecule has 82 valence electrons. The molecule has 0 aliphatic carbocycles. The van der Waals surface area contributed by atoms with Gasteiger partial charge in [-0.2, -0.15) is 0 Å². The van der Waals surface area contributed by atoms with E-state index < -0.39 is 0 Å². The molecule has 1 fully saturated rings. The molecule has 2 atom stereocenters. The van der Waals surface area contributed by atoms with E-state index in [0.717, 1.165) is 17.9 Å². The van der Waals surface area contributed by atoms with E-state index in [4.69, 9.17) is 9.15 Å². The maximum Gasteiger partial charge on any atom is 0.188 e. The van der Waals surface area contributed by atoms with Crippen molar-refractivity contribution in [1.29, 1.82) is 0 Å². The van der Waals surface area contributed by atoms with Gasteiger partial charge in [-0.3, -0.25) is 0 Å². The topological polar surface area (TPSA) is 39.0 Å². The largest absolute Gasteiger partial charge is 1.00 e. The Morgan fingerprint density at radius 2 is 2.14 bits per heavy atom. The molecule has 0 spiro atoms. The molecule has 1 aromatic rings. The Morgan fingerprint density at radius 1 is 1.43 bits per heavy atom. The molecule has 5 heteroatoms. The van der Waals surface area contributed by atoms with Gasteiger partial charge in [0.2, 0.25) is 0 Å². The van der Waals surface area contributed by atoms with Crippen molar-refractivity contribution in [3.05, 3.63) is 23.7 Å². The molecule has 0 amide bonds. The van der Waals surface area contributed by atoms with Gasteiger partial charge in [-0.25, -0.2) is 0 Å². The van der Waals surface area contributed by atoms with Crippen LogP contribution in [0.15, 0.2) is 16.7 Å². The molecule has 2 unspecified atom stereocenters. The van der Waals surface area contributed by atoms with Gasteiger partial charge in [-0.15, -0.1) is 0 Å². The highest BCUT2D eigenvalue weighted by Gasteiger charge is 2.28. The van der Waals surface area contributed by atoms with Crippen LogP contribution < -0.4 is 30.1 Å². The molecule has 1 aliphatic heterocycles. The van der Waals surface area contributed by atoms with Crippen molar-refractivity contribution in [2.24, 2.45) is 0 Å². The second kappa shape index (κ2) is 5.61. The Balaban J connectivity index is 0.000000845. The van der Waals surface area contributed by atoms with Crippen molar-refractivity contribution in [3.63, 3.8) is 0 Å². The fraction of sp³-hybridized carbons (Fsp3) is 0.556. The highest BCUT2D eigenvalue weighted by molar-refractivity contribution is 5.12. The summed E-state index contributed by atoms with van der Waals surface area (Å²) in [6.07, 6.45) is 2.18. The molecule has 0 bridgehead atoms. The van der Waals surface area contributed by atoms with Gasteiger partial charge < -0.3 is 39.3 Å². The molecule has 14 heavy (non-hydrogen) atoms. The van der Waals surface area contributed by atoms with E-state index in [9.17, 15) is 0 Å². The first-order valence-corrected chi connectivity index (χ1v) is 4.29. The van der Waals surface area contributed by atoms with Crippen LogP contribution in [0.2, 0.25) is 0 Å². The summed E-state index contributed by atoms with van der Waals surface area (Å²) in [7, 11) is 0. The van der Waals surface area contributed by atoms with Crippen LogP contribution in [0.4, 0.5) is 0 Å². The molecule has 2 heterocycles. The summed E-state index contributed by atoms with van der Waals surface area (Å²) in [5.41, 5.74) is 1.16. The molecule has 1 aromatic heterocycles. The van der Waals surface area contributed by atoms with Crippen molar-refractivity contribution in [3.8, 4) is 0 Å². The van der Waals surface area contributed by atoms with Gasteiger partial charge in [0.1, 0.15) is 12.3 Å². The minimum Gasteiger partial charge on any atom is -1.00 e. The fourth-order valence-corrected chi connectivity index (χ4v) is 1.49. The minimum atomic E-state index is 0. The SMILES string of the molecule is Cc1coc(C2C[NH2+]C(C)O2)c1.[Cl-].[Cl-]. The summed E-state index contributed by atoms with van der Waals surface area (Å²) >= 11 is 0. The number of nitrogens with two attached hydrogens (primary N) is 1. The van der Waals surface area contributed by atoms with Crippen LogP contribution in [0.1, 0.15) is 24.4 Å². The van der Waals surface area contributed by atoms with Crippen molar-refractivity contribution in [2.75, 3.05) is 6.54 Å². The Bertz CT molecular complexity index is 278. The molecule has 0 aromatic carbocycles. The second-order valence-corrected chi connectivity index (χ2v) is 3.33. The number of quaternary nitrogens is 1. The maximum atomic E-state index is 5.61. The zero-order chi connectivity index (χ0) is 8.55. The molecule has 2 rings (SSSR count). The van der Waals surface area contributed by atoms with E-state index in [2.05, 4.69) is 12.2 Å². The minimum absolute atomic E-state index is 0. The highest BCUT2D eigenvalue weighted by Crippen LogP contribution is 2.21. The molecular formula is C9H14Cl2NO2-. The Kier molecular flexibility index (Phi) is 5.52. The Hall–Kier alpha value is -0.220. The normalized spacial score (nSPS) is 25.3. The van der Waals surface area contributed by atoms with Gasteiger partial charge in [0, 0.05) is 6.92 Å². The standard InChI is InChI=1S/C9H13NO2.2ClH/c1-6-3-8(11-5-6)9-4-10-7(2)12-9;;/h3,5,7,9-10H,4H2,1-2H3;2*1H/p-1. The number of aryl methyl sites for hydroxylation is 1. The average Bonchev–Trinajstić information content (AvgIpc) is 2.58. The molecule has 0 radical (unpaired) electrons. The Morgan fingerprint density at radius 3 is 2.57 bits per heavy atom. The number of hydrogen-bond acceptors (Lipinski definition) is 2. The summed E-state index contributed by atoms with van der Waals surface area (Å²) in [6, 6.07) is 2.04. The lowest BCUT2D eigenvalue weighted by molar-refractivity contribution is -0.686. The first kappa shape index (κ1) is 13.8. The first-order valence-electron chi connectivity index (χ1n) is 4.29. The molecule has 0 saturated carbocycles. The maximum absolute atomic E-state index is 5.61. The monoisotopic (exact) mass is 238 g/mol. The predicted molar refractivity (Wildman–Crippen MR) is 43.5 cm³/mol. The van der Waals surface area contributed by atoms with Crippen LogP contribution in [-0.4, -0.2) is 12.8 Å². The zero-order valence-electron chi connectivity index (χ0n) is 8.17. The number of furan rings is 1. The molecule has 1 aliphatic rings. The summed E-state index contributed by atoms with van der Waals surface area (Å²) in [5, 5.41) is 2.17. The van der Waals surface area contributed by atoms with Crippen molar-refractivity contribution in [1.82, 2.24) is 0 Å². The van der Waals surface area contributed by atoms with Crippen molar-refractivity contribution in [2.45, 2.75) is 26.2 Å². The van der Waals surface area contributed by atoms with Gasteiger partial charge >= 0.3 is 0 Å².